The predicted octanol–water partition coefficient (Wildman–Crippen LogP) is 4.51. The molecule has 1 aliphatic rings. The summed E-state index contributed by atoms with van der Waals surface area (Å²) in [6, 6.07) is 23.8. The summed E-state index contributed by atoms with van der Waals surface area (Å²) in [5.74, 6) is -0.390. The molecule has 3 aromatic carbocycles. The lowest BCUT2D eigenvalue weighted by Crippen LogP contribution is -2.55. The third-order valence-corrected chi connectivity index (χ3v) is 8.72. The average molecular weight is 641 g/mol. The Morgan fingerprint density at radius 2 is 1.49 bits per heavy atom. The molecule has 2 atom stereocenters. The largest absolute Gasteiger partial charge is 0.378 e. The van der Waals surface area contributed by atoms with Crippen molar-refractivity contribution in [1.29, 1.82) is 0 Å². The van der Waals surface area contributed by atoms with Crippen molar-refractivity contribution < 1.29 is 22.7 Å². The number of urea groups is 1. The Balaban J connectivity index is 1.53. The molecule has 0 saturated carbocycles. The van der Waals surface area contributed by atoms with Gasteiger partial charge in [0.2, 0.25) is 5.91 Å². The number of halogens is 1. The van der Waals surface area contributed by atoms with Crippen LogP contribution in [0, 0.1) is 0 Å². The first kappa shape index (κ1) is 30.5. The van der Waals surface area contributed by atoms with Gasteiger partial charge in [-0.1, -0.05) is 82.7 Å². The highest BCUT2D eigenvalue weighted by atomic mass is 79.9. The highest BCUT2D eigenvalue weighted by Gasteiger charge is 2.26. The molecule has 216 valence electrons. The van der Waals surface area contributed by atoms with Gasteiger partial charge in [-0.25, -0.2) is 13.2 Å². The third-order valence-electron chi connectivity index (χ3n) is 6.74. The molecule has 3 amide bonds. The number of sulfone groups is 1. The van der Waals surface area contributed by atoms with E-state index in [-0.39, 0.29) is 23.3 Å². The van der Waals surface area contributed by atoms with Crippen LogP contribution in [-0.2, 0) is 32.2 Å². The summed E-state index contributed by atoms with van der Waals surface area (Å²) in [6.07, 6.45) is 2.90. The Morgan fingerprint density at radius 3 is 2.12 bits per heavy atom. The molecule has 1 fully saturated rings. The number of nitrogens with one attached hydrogen (secondary N) is 2. The molecule has 3 aromatic rings. The molecule has 0 spiro atoms. The first-order chi connectivity index (χ1) is 19.8. The van der Waals surface area contributed by atoms with Crippen molar-refractivity contribution in [2.45, 2.75) is 36.2 Å². The summed E-state index contributed by atoms with van der Waals surface area (Å²) in [6.45, 7) is 1.79. The minimum absolute atomic E-state index is 0.157. The van der Waals surface area contributed by atoms with Crippen LogP contribution in [0.25, 0.3) is 0 Å². The van der Waals surface area contributed by atoms with E-state index in [0.717, 1.165) is 21.0 Å². The van der Waals surface area contributed by atoms with Crippen molar-refractivity contribution in [3.05, 3.63) is 112 Å². The van der Waals surface area contributed by atoms with Crippen LogP contribution >= 0.6 is 15.9 Å². The van der Waals surface area contributed by atoms with Gasteiger partial charge in [-0.05, 0) is 48.2 Å². The Bertz CT molecular complexity index is 1410. The number of benzene rings is 3. The van der Waals surface area contributed by atoms with Gasteiger partial charge in [0.1, 0.15) is 6.04 Å². The molecule has 2 N–H and O–H groups in total. The molecule has 2 unspecified atom stereocenters. The number of morpholine rings is 1. The molecule has 0 aromatic heterocycles. The Hall–Kier alpha value is -3.47. The number of ether oxygens (including phenoxy) is 1. The zero-order valence-electron chi connectivity index (χ0n) is 22.6. The van der Waals surface area contributed by atoms with Crippen LogP contribution in [0.4, 0.5) is 4.79 Å². The molecule has 8 nitrogen and oxygen atoms in total. The van der Waals surface area contributed by atoms with E-state index in [1.807, 2.05) is 60.7 Å². The van der Waals surface area contributed by atoms with Gasteiger partial charge in [0.15, 0.2) is 9.84 Å². The van der Waals surface area contributed by atoms with E-state index in [0.29, 0.717) is 39.1 Å². The standard InChI is InChI=1S/C31H34BrN3O5S/c32-26-12-15-28(16-13-26)41(38,39)22-17-27(14-11-24-7-3-1-4-8-24)33-30(36)29(23-25-9-5-2-6-10-25)34-31(37)35-18-20-40-21-19-35/h1-10,12-13,15-17,22,27,29H,11,14,18-21,23H2,(H,33,36)(H,34,37). The van der Waals surface area contributed by atoms with Crippen molar-refractivity contribution >= 4 is 37.7 Å². The second kappa shape index (κ2) is 15.0. The fourth-order valence-electron chi connectivity index (χ4n) is 4.43. The topological polar surface area (TPSA) is 105 Å². The quantitative estimate of drug-likeness (QED) is 0.321. The van der Waals surface area contributed by atoms with Crippen LogP contribution in [0.3, 0.4) is 0 Å². The summed E-state index contributed by atoms with van der Waals surface area (Å²) in [5.41, 5.74) is 1.96. The van der Waals surface area contributed by atoms with Crippen LogP contribution in [0.1, 0.15) is 17.5 Å². The van der Waals surface area contributed by atoms with Gasteiger partial charge in [0.05, 0.1) is 18.1 Å². The molecule has 0 bridgehead atoms. The number of hydrogen-bond acceptors (Lipinski definition) is 5. The smallest absolute Gasteiger partial charge is 0.318 e. The van der Waals surface area contributed by atoms with Crippen LogP contribution in [-0.4, -0.2) is 63.6 Å². The van der Waals surface area contributed by atoms with E-state index < -0.39 is 21.9 Å². The molecule has 10 heteroatoms. The summed E-state index contributed by atoms with van der Waals surface area (Å²) in [5, 5.41) is 7.03. The van der Waals surface area contributed by atoms with Crippen molar-refractivity contribution in [2.75, 3.05) is 26.3 Å². The van der Waals surface area contributed by atoms with E-state index in [2.05, 4.69) is 26.6 Å². The van der Waals surface area contributed by atoms with Gasteiger partial charge in [-0.3, -0.25) is 4.79 Å². The van der Waals surface area contributed by atoms with Gasteiger partial charge in [0.25, 0.3) is 0 Å². The van der Waals surface area contributed by atoms with Crippen LogP contribution in [0.2, 0.25) is 0 Å². The number of nitrogens with zero attached hydrogens (tertiary/aromatic N) is 1. The van der Waals surface area contributed by atoms with Crippen LogP contribution < -0.4 is 10.6 Å². The number of rotatable bonds is 11. The molecular weight excluding hydrogens is 606 g/mol. The maximum absolute atomic E-state index is 13.7. The summed E-state index contributed by atoms with van der Waals surface area (Å²) >= 11 is 3.32. The minimum Gasteiger partial charge on any atom is -0.378 e. The second-order valence-corrected chi connectivity index (χ2v) is 12.5. The lowest BCUT2D eigenvalue weighted by Gasteiger charge is -2.29. The number of carbonyl (C=O) groups excluding carboxylic acids is 2. The van der Waals surface area contributed by atoms with Gasteiger partial charge in [0, 0.05) is 35.4 Å². The highest BCUT2D eigenvalue weighted by molar-refractivity contribution is 9.10. The fraction of sp³-hybridized carbons (Fsp3) is 0.290. The normalized spacial score (nSPS) is 15.3. The number of carbonyl (C=O) groups is 2. The molecule has 0 aliphatic carbocycles. The van der Waals surface area contributed by atoms with Gasteiger partial charge in [-0.15, -0.1) is 0 Å². The lowest BCUT2D eigenvalue weighted by molar-refractivity contribution is -0.123. The molecular formula is C31H34BrN3O5S. The number of amides is 3. The van der Waals surface area contributed by atoms with Gasteiger partial charge in [-0.2, -0.15) is 0 Å². The molecule has 1 saturated heterocycles. The predicted molar refractivity (Wildman–Crippen MR) is 162 cm³/mol. The van der Waals surface area contributed by atoms with E-state index >= 15 is 0 Å². The summed E-state index contributed by atoms with van der Waals surface area (Å²) < 4.78 is 32.2. The SMILES string of the molecule is O=C(NC(C=CS(=O)(=O)c1ccc(Br)cc1)CCc1ccccc1)C(Cc1ccccc1)NC(=O)N1CCOCC1. The molecule has 1 heterocycles. The average Bonchev–Trinajstić information content (AvgIpc) is 3.00. The van der Waals surface area contributed by atoms with Crippen LogP contribution in [0.5, 0.6) is 0 Å². The van der Waals surface area contributed by atoms with Crippen molar-refractivity contribution in [3.8, 4) is 0 Å². The van der Waals surface area contributed by atoms with E-state index in [4.69, 9.17) is 4.74 Å². The maximum Gasteiger partial charge on any atom is 0.318 e. The van der Waals surface area contributed by atoms with E-state index in [9.17, 15) is 18.0 Å². The summed E-state index contributed by atoms with van der Waals surface area (Å²) in [7, 11) is -3.73. The molecule has 41 heavy (non-hydrogen) atoms. The Kier molecular flexibility index (Phi) is 11.1. The van der Waals surface area contributed by atoms with Gasteiger partial charge < -0.3 is 20.3 Å². The molecule has 4 rings (SSSR count). The zero-order chi connectivity index (χ0) is 29.1. The van der Waals surface area contributed by atoms with E-state index in [1.54, 1.807) is 17.0 Å². The van der Waals surface area contributed by atoms with Crippen molar-refractivity contribution in [1.82, 2.24) is 15.5 Å². The minimum atomic E-state index is -3.73. The molecule has 0 radical (unpaired) electrons. The monoisotopic (exact) mass is 639 g/mol. The van der Waals surface area contributed by atoms with E-state index in [1.165, 1.54) is 18.2 Å². The lowest BCUT2D eigenvalue weighted by atomic mass is 10.0. The van der Waals surface area contributed by atoms with Crippen LogP contribution in [0.15, 0.2) is 106 Å². The zero-order valence-corrected chi connectivity index (χ0v) is 25.0. The first-order valence-electron chi connectivity index (χ1n) is 13.5. The Labute approximate surface area is 249 Å². The summed E-state index contributed by atoms with van der Waals surface area (Å²) in [4.78, 5) is 28.5. The van der Waals surface area contributed by atoms with Gasteiger partial charge >= 0.3 is 6.03 Å². The highest BCUT2D eigenvalue weighted by Crippen LogP contribution is 2.17. The number of aryl methyl sites for hydroxylation is 1. The second-order valence-electron chi connectivity index (χ2n) is 9.76. The van der Waals surface area contributed by atoms with Crippen molar-refractivity contribution in [2.24, 2.45) is 0 Å². The third kappa shape index (κ3) is 9.55. The number of hydrogen-bond donors (Lipinski definition) is 2. The maximum atomic E-state index is 13.7. The molecule has 1 aliphatic heterocycles. The fourth-order valence-corrected chi connectivity index (χ4v) is 5.77. The van der Waals surface area contributed by atoms with Crippen molar-refractivity contribution in [3.63, 3.8) is 0 Å². The first-order valence-corrected chi connectivity index (χ1v) is 15.8. The Morgan fingerprint density at radius 1 is 0.878 bits per heavy atom.